The summed E-state index contributed by atoms with van der Waals surface area (Å²) in [6, 6.07) is 5.33. The van der Waals surface area contributed by atoms with E-state index in [-0.39, 0.29) is 6.10 Å². The summed E-state index contributed by atoms with van der Waals surface area (Å²) in [5.74, 6) is 0.332. The Kier molecular flexibility index (Phi) is 5.05. The van der Waals surface area contributed by atoms with Crippen molar-refractivity contribution in [1.29, 1.82) is 0 Å². The largest absolute Gasteiger partial charge is 0.416 e. The van der Waals surface area contributed by atoms with Crippen LogP contribution in [0, 0.1) is 5.92 Å². The van der Waals surface area contributed by atoms with Gasteiger partial charge in [-0.25, -0.2) is 0 Å². The molecule has 1 heterocycles. The molecule has 112 valence electrons. The molecule has 5 heteroatoms. The molecule has 20 heavy (non-hydrogen) atoms. The molecule has 0 aromatic heterocycles. The second-order valence-electron chi connectivity index (χ2n) is 5.16. The van der Waals surface area contributed by atoms with Crippen molar-refractivity contribution in [2.45, 2.75) is 32.0 Å². The summed E-state index contributed by atoms with van der Waals surface area (Å²) in [6.45, 7) is 4.57. The molecule has 2 nitrogen and oxygen atoms in total. The molecule has 1 N–H and O–H groups in total. The molecule has 0 radical (unpaired) electrons. The first-order chi connectivity index (χ1) is 9.52. The van der Waals surface area contributed by atoms with E-state index in [1.54, 1.807) is 0 Å². The molecule has 2 rings (SSSR count). The summed E-state index contributed by atoms with van der Waals surface area (Å²) in [5.41, 5.74) is 0.221. The van der Waals surface area contributed by atoms with Crippen LogP contribution in [-0.2, 0) is 10.9 Å². The molecule has 1 aliphatic heterocycles. The van der Waals surface area contributed by atoms with E-state index in [4.69, 9.17) is 4.74 Å². The predicted octanol–water partition coefficient (Wildman–Crippen LogP) is 3.78. The van der Waals surface area contributed by atoms with E-state index in [9.17, 15) is 13.2 Å². The number of alkyl halides is 3. The van der Waals surface area contributed by atoms with Crippen molar-refractivity contribution in [2.75, 3.05) is 19.7 Å². The molecule has 1 aromatic carbocycles. The predicted molar refractivity (Wildman–Crippen MR) is 71.4 cm³/mol. The standard InChI is InChI=1S/C15H20F3NO/c1-2-8-19-10-12-7-9-20-14(12)11-3-5-13(6-4-11)15(16,17)18/h3-6,12,14,19H,2,7-10H2,1H3. The molecule has 1 saturated heterocycles. The first-order valence-corrected chi connectivity index (χ1v) is 7.02. The van der Waals surface area contributed by atoms with Crippen LogP contribution < -0.4 is 5.32 Å². The van der Waals surface area contributed by atoms with Gasteiger partial charge in [-0.2, -0.15) is 13.2 Å². The van der Waals surface area contributed by atoms with Crippen molar-refractivity contribution in [1.82, 2.24) is 5.32 Å². The highest BCUT2D eigenvalue weighted by Crippen LogP contribution is 2.36. The fourth-order valence-corrected chi connectivity index (χ4v) is 2.54. The molecular formula is C15H20F3NO. The van der Waals surface area contributed by atoms with Crippen LogP contribution in [0.25, 0.3) is 0 Å². The number of rotatable bonds is 5. The van der Waals surface area contributed by atoms with Crippen molar-refractivity contribution in [3.63, 3.8) is 0 Å². The lowest BCUT2D eigenvalue weighted by Gasteiger charge is -2.20. The molecule has 2 atom stereocenters. The van der Waals surface area contributed by atoms with Gasteiger partial charge in [-0.05, 0) is 37.1 Å². The van der Waals surface area contributed by atoms with Crippen molar-refractivity contribution in [3.8, 4) is 0 Å². The molecule has 1 aromatic rings. The van der Waals surface area contributed by atoms with Gasteiger partial charge in [0.2, 0.25) is 0 Å². The Hall–Kier alpha value is -1.07. The third-order valence-corrected chi connectivity index (χ3v) is 3.61. The third-order valence-electron chi connectivity index (χ3n) is 3.61. The van der Waals surface area contributed by atoms with Crippen molar-refractivity contribution in [2.24, 2.45) is 5.92 Å². The topological polar surface area (TPSA) is 21.3 Å². The monoisotopic (exact) mass is 287 g/mol. The Labute approximate surface area is 117 Å². The van der Waals surface area contributed by atoms with Crippen molar-refractivity contribution >= 4 is 0 Å². The minimum Gasteiger partial charge on any atom is -0.373 e. The van der Waals surface area contributed by atoms with Gasteiger partial charge in [0.1, 0.15) is 0 Å². The van der Waals surface area contributed by atoms with Crippen LogP contribution in [-0.4, -0.2) is 19.7 Å². The molecule has 0 aliphatic carbocycles. The van der Waals surface area contributed by atoms with Crippen LogP contribution in [0.15, 0.2) is 24.3 Å². The minimum absolute atomic E-state index is 0.0957. The lowest BCUT2D eigenvalue weighted by molar-refractivity contribution is -0.137. The highest BCUT2D eigenvalue weighted by atomic mass is 19.4. The van der Waals surface area contributed by atoms with E-state index in [1.807, 2.05) is 0 Å². The van der Waals surface area contributed by atoms with Crippen LogP contribution in [0.5, 0.6) is 0 Å². The maximum atomic E-state index is 12.5. The zero-order valence-corrected chi connectivity index (χ0v) is 11.5. The number of ether oxygens (including phenoxy) is 1. The molecule has 1 aliphatic rings. The van der Waals surface area contributed by atoms with Crippen molar-refractivity contribution < 1.29 is 17.9 Å². The molecular weight excluding hydrogens is 267 g/mol. The van der Waals surface area contributed by atoms with Crippen LogP contribution >= 0.6 is 0 Å². The summed E-state index contributed by atoms with van der Waals surface area (Å²) in [6.07, 6.45) is -2.36. The number of benzene rings is 1. The SMILES string of the molecule is CCCNCC1CCOC1c1ccc(C(F)(F)F)cc1. The summed E-state index contributed by atoms with van der Waals surface area (Å²) < 4.78 is 43.3. The second-order valence-corrected chi connectivity index (χ2v) is 5.16. The number of hydrogen-bond donors (Lipinski definition) is 1. The van der Waals surface area contributed by atoms with Gasteiger partial charge in [0.25, 0.3) is 0 Å². The zero-order chi connectivity index (χ0) is 14.6. The fourth-order valence-electron chi connectivity index (χ4n) is 2.54. The summed E-state index contributed by atoms with van der Waals surface area (Å²) >= 11 is 0. The smallest absolute Gasteiger partial charge is 0.373 e. The maximum Gasteiger partial charge on any atom is 0.416 e. The van der Waals surface area contributed by atoms with Crippen LogP contribution in [0.4, 0.5) is 13.2 Å². The second kappa shape index (κ2) is 6.59. The number of halogens is 3. The molecule has 0 bridgehead atoms. The Morgan fingerprint density at radius 3 is 2.55 bits per heavy atom. The number of nitrogens with one attached hydrogen (secondary N) is 1. The Morgan fingerprint density at radius 2 is 1.95 bits per heavy atom. The molecule has 0 amide bonds. The Bertz CT molecular complexity index is 416. The minimum atomic E-state index is -4.28. The Balaban J connectivity index is 2.02. The normalized spacial score (nSPS) is 23.2. The van der Waals surface area contributed by atoms with E-state index in [1.165, 1.54) is 12.1 Å². The average molecular weight is 287 g/mol. The lowest BCUT2D eigenvalue weighted by Crippen LogP contribution is -2.25. The third kappa shape index (κ3) is 3.73. The van der Waals surface area contributed by atoms with Gasteiger partial charge in [-0.15, -0.1) is 0 Å². The fraction of sp³-hybridized carbons (Fsp3) is 0.600. The highest BCUT2D eigenvalue weighted by Gasteiger charge is 2.32. The van der Waals surface area contributed by atoms with Crippen LogP contribution in [0.1, 0.15) is 37.0 Å². The molecule has 0 saturated carbocycles. The lowest BCUT2D eigenvalue weighted by atomic mass is 9.94. The average Bonchev–Trinajstić information content (AvgIpc) is 2.87. The van der Waals surface area contributed by atoms with Gasteiger partial charge >= 0.3 is 6.18 Å². The van der Waals surface area contributed by atoms with Gasteiger partial charge in [0.15, 0.2) is 0 Å². The highest BCUT2D eigenvalue weighted by molar-refractivity contribution is 5.27. The first kappa shape index (κ1) is 15.3. The van der Waals surface area contributed by atoms with E-state index >= 15 is 0 Å². The van der Waals surface area contributed by atoms with Crippen LogP contribution in [0.3, 0.4) is 0 Å². The summed E-state index contributed by atoms with van der Waals surface area (Å²) in [7, 11) is 0. The van der Waals surface area contributed by atoms with E-state index in [2.05, 4.69) is 12.2 Å². The molecule has 0 spiro atoms. The molecule has 2 unspecified atom stereocenters. The van der Waals surface area contributed by atoms with Crippen LogP contribution in [0.2, 0.25) is 0 Å². The maximum absolute atomic E-state index is 12.5. The van der Waals surface area contributed by atoms with E-state index < -0.39 is 11.7 Å². The zero-order valence-electron chi connectivity index (χ0n) is 11.5. The van der Waals surface area contributed by atoms with Crippen molar-refractivity contribution in [3.05, 3.63) is 35.4 Å². The van der Waals surface area contributed by atoms with Gasteiger partial charge in [-0.1, -0.05) is 19.1 Å². The molecule has 1 fully saturated rings. The van der Waals surface area contributed by atoms with Gasteiger partial charge in [-0.3, -0.25) is 0 Å². The van der Waals surface area contributed by atoms with Gasteiger partial charge < -0.3 is 10.1 Å². The Morgan fingerprint density at radius 1 is 1.25 bits per heavy atom. The number of hydrogen-bond acceptors (Lipinski definition) is 2. The summed E-state index contributed by atoms with van der Waals surface area (Å²) in [4.78, 5) is 0. The van der Waals surface area contributed by atoms with Gasteiger partial charge in [0.05, 0.1) is 11.7 Å². The summed E-state index contributed by atoms with van der Waals surface area (Å²) in [5, 5.41) is 3.35. The van der Waals surface area contributed by atoms with E-state index in [0.717, 1.165) is 43.6 Å². The first-order valence-electron chi connectivity index (χ1n) is 7.02. The van der Waals surface area contributed by atoms with Gasteiger partial charge in [0, 0.05) is 19.1 Å². The quantitative estimate of drug-likeness (QED) is 0.832. The van der Waals surface area contributed by atoms with E-state index in [0.29, 0.717) is 12.5 Å².